The Morgan fingerprint density at radius 1 is 0.720 bits per heavy atom. The molecule has 25 heavy (non-hydrogen) atoms. The van der Waals surface area contributed by atoms with Gasteiger partial charge in [0.2, 0.25) is 0 Å². The number of benzene rings is 3. The Hall–Kier alpha value is -3.33. The first-order valence-corrected chi connectivity index (χ1v) is 8.34. The van der Waals surface area contributed by atoms with E-state index in [4.69, 9.17) is 0 Å². The van der Waals surface area contributed by atoms with Crippen LogP contribution in [0.4, 0.5) is 0 Å². The van der Waals surface area contributed by atoms with Crippen LogP contribution in [-0.4, -0.2) is 14.7 Å². The highest BCUT2D eigenvalue weighted by Gasteiger charge is 2.12. The lowest BCUT2D eigenvalue weighted by Gasteiger charge is -2.11. The summed E-state index contributed by atoms with van der Waals surface area (Å²) in [5.41, 5.74) is 4.23. The minimum Gasteiger partial charge on any atom is -0.506 e. The largest absolute Gasteiger partial charge is 0.506 e. The zero-order valence-corrected chi connectivity index (χ0v) is 13.6. The minimum absolute atomic E-state index is 0.224. The molecule has 0 unspecified atom stereocenters. The normalized spacial score (nSPS) is 11.5. The number of phenolic OH excluding ortho intramolecular Hbond substituents is 1. The highest BCUT2D eigenvalue weighted by molar-refractivity contribution is 6.08. The van der Waals surface area contributed by atoms with E-state index in [-0.39, 0.29) is 5.75 Å². The average Bonchev–Trinajstić information content (AvgIpc) is 2.99. The summed E-state index contributed by atoms with van der Waals surface area (Å²) < 4.78 is 2.34. The Morgan fingerprint density at radius 2 is 1.36 bits per heavy atom. The number of para-hydroxylation sites is 2. The van der Waals surface area contributed by atoms with Gasteiger partial charge in [0.05, 0.1) is 0 Å². The first-order chi connectivity index (χ1) is 12.3. The second kappa shape index (κ2) is 5.35. The molecule has 5 aromatic rings. The van der Waals surface area contributed by atoms with Gasteiger partial charge in [-0.15, -0.1) is 0 Å². The number of fused-ring (bicyclic) bond motifs is 4. The van der Waals surface area contributed by atoms with Crippen molar-refractivity contribution in [2.45, 2.75) is 6.54 Å². The number of aromatic hydroxyl groups is 1. The fraction of sp³-hybridized carbons (Fsp3) is 0.0455. The standard InChI is InChI=1S/C22H16N2O/c25-21-12-11-15(16-8-5-13-23-22(16)21)14-24-19-9-3-1-6-17(19)18-7-2-4-10-20(18)24/h1-13,25H,14H2. The Kier molecular flexibility index (Phi) is 3.01. The topological polar surface area (TPSA) is 38.0 Å². The molecule has 0 atom stereocenters. The smallest absolute Gasteiger partial charge is 0.141 e. The molecule has 0 bridgehead atoms. The van der Waals surface area contributed by atoms with Gasteiger partial charge in [0.1, 0.15) is 11.3 Å². The lowest BCUT2D eigenvalue weighted by Crippen LogP contribution is -2.00. The van der Waals surface area contributed by atoms with Crippen molar-refractivity contribution in [2.24, 2.45) is 0 Å². The molecule has 0 amide bonds. The van der Waals surface area contributed by atoms with Crippen molar-refractivity contribution in [2.75, 3.05) is 0 Å². The molecule has 120 valence electrons. The number of pyridine rings is 1. The summed E-state index contributed by atoms with van der Waals surface area (Å²) in [6.45, 7) is 0.733. The van der Waals surface area contributed by atoms with Crippen molar-refractivity contribution >= 4 is 32.7 Å². The Labute approximate surface area is 144 Å². The van der Waals surface area contributed by atoms with E-state index in [0.29, 0.717) is 5.52 Å². The molecule has 1 N–H and O–H groups in total. The van der Waals surface area contributed by atoms with Gasteiger partial charge in [0.15, 0.2) is 0 Å². The van der Waals surface area contributed by atoms with Crippen molar-refractivity contribution < 1.29 is 5.11 Å². The highest BCUT2D eigenvalue weighted by atomic mass is 16.3. The number of aromatic nitrogens is 2. The van der Waals surface area contributed by atoms with Gasteiger partial charge in [0, 0.05) is 39.9 Å². The summed E-state index contributed by atoms with van der Waals surface area (Å²) in [7, 11) is 0. The van der Waals surface area contributed by atoms with Crippen LogP contribution in [0.25, 0.3) is 32.7 Å². The Balaban J connectivity index is 1.79. The third-order valence-corrected chi connectivity index (χ3v) is 4.85. The molecular weight excluding hydrogens is 308 g/mol. The summed E-state index contributed by atoms with van der Waals surface area (Å²) in [4.78, 5) is 4.34. The fourth-order valence-corrected chi connectivity index (χ4v) is 3.70. The van der Waals surface area contributed by atoms with Crippen molar-refractivity contribution in [3.8, 4) is 5.75 Å². The lowest BCUT2D eigenvalue weighted by atomic mass is 10.1. The molecule has 5 rings (SSSR count). The van der Waals surface area contributed by atoms with Crippen LogP contribution in [0.15, 0.2) is 79.0 Å². The first kappa shape index (κ1) is 14.1. The van der Waals surface area contributed by atoms with E-state index in [1.165, 1.54) is 21.8 Å². The number of phenols is 1. The van der Waals surface area contributed by atoms with Crippen molar-refractivity contribution in [3.05, 3.63) is 84.6 Å². The maximum absolute atomic E-state index is 10.1. The predicted molar refractivity (Wildman–Crippen MR) is 102 cm³/mol. The van der Waals surface area contributed by atoms with E-state index in [0.717, 1.165) is 17.5 Å². The van der Waals surface area contributed by atoms with E-state index < -0.39 is 0 Å². The third-order valence-electron chi connectivity index (χ3n) is 4.85. The van der Waals surface area contributed by atoms with Crippen LogP contribution in [-0.2, 0) is 6.54 Å². The fourth-order valence-electron chi connectivity index (χ4n) is 3.70. The van der Waals surface area contributed by atoms with Crippen molar-refractivity contribution in [1.82, 2.24) is 9.55 Å². The molecule has 0 aliphatic carbocycles. The van der Waals surface area contributed by atoms with E-state index in [1.807, 2.05) is 18.2 Å². The van der Waals surface area contributed by atoms with Crippen LogP contribution >= 0.6 is 0 Å². The van der Waals surface area contributed by atoms with E-state index in [1.54, 1.807) is 12.3 Å². The minimum atomic E-state index is 0.224. The summed E-state index contributed by atoms with van der Waals surface area (Å²) in [5.74, 6) is 0.224. The quantitative estimate of drug-likeness (QED) is 0.491. The van der Waals surface area contributed by atoms with Gasteiger partial charge >= 0.3 is 0 Å². The maximum atomic E-state index is 10.1. The zero-order chi connectivity index (χ0) is 16.8. The van der Waals surface area contributed by atoms with Crippen molar-refractivity contribution in [3.63, 3.8) is 0 Å². The summed E-state index contributed by atoms with van der Waals surface area (Å²) >= 11 is 0. The van der Waals surface area contributed by atoms with Crippen LogP contribution < -0.4 is 0 Å². The zero-order valence-electron chi connectivity index (χ0n) is 13.6. The number of hydrogen-bond acceptors (Lipinski definition) is 2. The van der Waals surface area contributed by atoms with E-state index in [2.05, 4.69) is 58.1 Å². The van der Waals surface area contributed by atoms with E-state index in [9.17, 15) is 5.11 Å². The van der Waals surface area contributed by atoms with Gasteiger partial charge < -0.3 is 9.67 Å². The van der Waals surface area contributed by atoms with Crippen molar-refractivity contribution in [1.29, 1.82) is 0 Å². The molecular formula is C22H16N2O. The number of rotatable bonds is 2. The predicted octanol–water partition coefficient (Wildman–Crippen LogP) is 5.10. The lowest BCUT2D eigenvalue weighted by molar-refractivity contribution is 0.480. The third kappa shape index (κ3) is 2.09. The first-order valence-electron chi connectivity index (χ1n) is 8.34. The van der Waals surface area contributed by atoms with Gasteiger partial charge in [-0.05, 0) is 29.8 Å². The molecule has 2 aromatic heterocycles. The second-order valence-corrected chi connectivity index (χ2v) is 6.26. The van der Waals surface area contributed by atoms with Crippen LogP contribution in [0.2, 0.25) is 0 Å². The molecule has 0 saturated heterocycles. The monoisotopic (exact) mass is 324 g/mol. The Morgan fingerprint density at radius 3 is 2.08 bits per heavy atom. The molecule has 3 nitrogen and oxygen atoms in total. The molecule has 3 aromatic carbocycles. The molecule has 2 heterocycles. The van der Waals surface area contributed by atoms with Crippen LogP contribution in [0, 0.1) is 0 Å². The van der Waals surface area contributed by atoms with Gasteiger partial charge in [-0.3, -0.25) is 4.98 Å². The van der Waals surface area contributed by atoms with Gasteiger partial charge in [-0.1, -0.05) is 48.5 Å². The Bertz CT molecular complexity index is 1180. The molecule has 0 radical (unpaired) electrons. The molecule has 0 aliphatic rings. The molecule has 0 saturated carbocycles. The van der Waals surface area contributed by atoms with Gasteiger partial charge in [-0.2, -0.15) is 0 Å². The van der Waals surface area contributed by atoms with Gasteiger partial charge in [0.25, 0.3) is 0 Å². The maximum Gasteiger partial charge on any atom is 0.141 e. The highest BCUT2D eigenvalue weighted by Crippen LogP contribution is 2.31. The SMILES string of the molecule is Oc1ccc(Cn2c3ccccc3c3ccccc32)c2cccnc12. The molecule has 0 fully saturated rings. The van der Waals surface area contributed by atoms with Crippen LogP contribution in [0.1, 0.15) is 5.56 Å². The summed E-state index contributed by atoms with van der Waals surface area (Å²) in [6.07, 6.45) is 1.71. The molecule has 0 spiro atoms. The molecule has 0 aliphatic heterocycles. The summed E-state index contributed by atoms with van der Waals surface area (Å²) in [6, 6.07) is 24.6. The molecule has 3 heteroatoms. The number of hydrogen-bond donors (Lipinski definition) is 1. The average molecular weight is 324 g/mol. The summed E-state index contributed by atoms with van der Waals surface area (Å²) in [5, 5.41) is 13.6. The van der Waals surface area contributed by atoms with Crippen LogP contribution in [0.3, 0.4) is 0 Å². The number of nitrogens with zero attached hydrogens (tertiary/aromatic N) is 2. The van der Waals surface area contributed by atoms with Gasteiger partial charge in [-0.25, -0.2) is 0 Å². The van der Waals surface area contributed by atoms with E-state index >= 15 is 0 Å². The second-order valence-electron chi connectivity index (χ2n) is 6.26. The van der Waals surface area contributed by atoms with Crippen LogP contribution in [0.5, 0.6) is 5.75 Å².